The number of benzene rings is 2. The number of carbonyl (C=O) groups excluding carboxylic acids is 1. The van der Waals surface area contributed by atoms with Crippen LogP contribution in [0.15, 0.2) is 42.5 Å². The number of amides is 2. The van der Waals surface area contributed by atoms with Crippen LogP contribution >= 0.6 is 0 Å². The molecule has 0 saturated carbocycles. The number of likely N-dealkylation sites (tertiary alicyclic amines) is 1. The van der Waals surface area contributed by atoms with Gasteiger partial charge in [-0.25, -0.2) is 4.79 Å². The first kappa shape index (κ1) is 19.3. The molecule has 1 heterocycles. The maximum absolute atomic E-state index is 13.1. The Morgan fingerprint density at radius 3 is 2.72 bits per heavy atom. The van der Waals surface area contributed by atoms with Gasteiger partial charge in [0, 0.05) is 24.2 Å². The van der Waals surface area contributed by atoms with Crippen molar-refractivity contribution in [2.45, 2.75) is 37.3 Å². The van der Waals surface area contributed by atoms with E-state index >= 15 is 0 Å². The number of hydrogen-bond donors (Lipinski definition) is 2. The van der Waals surface area contributed by atoms with Crippen LogP contribution in [0, 0.1) is 11.3 Å². The molecule has 2 aromatic rings. The van der Waals surface area contributed by atoms with Gasteiger partial charge >= 0.3 is 6.03 Å². The van der Waals surface area contributed by atoms with E-state index in [1.165, 1.54) is 5.56 Å². The zero-order chi connectivity index (χ0) is 20.8. The van der Waals surface area contributed by atoms with E-state index in [4.69, 9.17) is 5.26 Å². The predicted octanol–water partition coefficient (Wildman–Crippen LogP) is 3.31. The highest BCUT2D eigenvalue weighted by Gasteiger charge is 2.52. The van der Waals surface area contributed by atoms with E-state index in [1.807, 2.05) is 24.1 Å². The molecule has 3 atom stereocenters. The molecule has 1 aliphatic heterocycles. The van der Waals surface area contributed by atoms with E-state index < -0.39 is 0 Å². The molecule has 4 rings (SSSR count). The third-order valence-electron chi connectivity index (χ3n) is 6.71. The predicted molar refractivity (Wildman–Crippen MR) is 112 cm³/mol. The van der Waals surface area contributed by atoms with Crippen molar-refractivity contribution in [3.63, 3.8) is 0 Å². The van der Waals surface area contributed by atoms with Crippen LogP contribution in [0.4, 0.5) is 10.5 Å². The molecular formula is C23H26N4O2. The number of nitrogens with zero attached hydrogens (tertiary/aromatic N) is 3. The molecule has 1 aliphatic carbocycles. The first-order valence-corrected chi connectivity index (χ1v) is 9.90. The number of fused-ring (bicyclic) bond motifs is 4. The second-order valence-electron chi connectivity index (χ2n) is 8.44. The third kappa shape index (κ3) is 3.22. The number of aromatic hydroxyl groups is 1. The van der Waals surface area contributed by atoms with Crippen LogP contribution in [0.2, 0.25) is 0 Å². The molecule has 2 aromatic carbocycles. The first-order chi connectivity index (χ1) is 13.8. The molecule has 1 saturated heterocycles. The number of nitriles is 1. The van der Waals surface area contributed by atoms with Crippen molar-refractivity contribution >= 4 is 11.7 Å². The molecule has 6 heteroatoms. The number of rotatable bonds is 2. The number of anilines is 1. The summed E-state index contributed by atoms with van der Waals surface area (Å²) < 4.78 is 0. The maximum Gasteiger partial charge on any atom is 0.321 e. The topological polar surface area (TPSA) is 79.6 Å². The first-order valence-electron chi connectivity index (χ1n) is 9.90. The number of nitrogens with one attached hydrogen (secondary N) is 1. The van der Waals surface area contributed by atoms with Crippen LogP contribution in [-0.4, -0.2) is 53.7 Å². The molecular weight excluding hydrogens is 364 g/mol. The molecule has 0 spiro atoms. The van der Waals surface area contributed by atoms with Gasteiger partial charge in [-0.15, -0.1) is 0 Å². The van der Waals surface area contributed by atoms with Crippen molar-refractivity contribution < 1.29 is 9.90 Å². The van der Waals surface area contributed by atoms with Gasteiger partial charge in [0.25, 0.3) is 0 Å². The monoisotopic (exact) mass is 390 g/mol. The van der Waals surface area contributed by atoms with Gasteiger partial charge in [0.05, 0.1) is 17.7 Å². The normalized spacial score (nSPS) is 25.6. The molecule has 0 aromatic heterocycles. The average Bonchev–Trinajstić information content (AvgIpc) is 2.71. The minimum atomic E-state index is -0.236. The summed E-state index contributed by atoms with van der Waals surface area (Å²) in [4.78, 5) is 17.3. The Hall–Kier alpha value is -3.04. The molecule has 29 heavy (non-hydrogen) atoms. The Morgan fingerprint density at radius 1 is 1.31 bits per heavy atom. The third-order valence-corrected chi connectivity index (χ3v) is 6.71. The Labute approximate surface area is 171 Å². The van der Waals surface area contributed by atoms with Gasteiger partial charge in [-0.05, 0) is 74.0 Å². The van der Waals surface area contributed by atoms with Gasteiger partial charge in [0.2, 0.25) is 0 Å². The van der Waals surface area contributed by atoms with E-state index in [-0.39, 0.29) is 29.3 Å². The number of phenols is 1. The van der Waals surface area contributed by atoms with Crippen LogP contribution in [0.5, 0.6) is 5.75 Å². The van der Waals surface area contributed by atoms with Crippen LogP contribution in [0.1, 0.15) is 30.0 Å². The number of piperidine rings is 1. The summed E-state index contributed by atoms with van der Waals surface area (Å²) in [6.45, 7) is 3.17. The Balaban J connectivity index is 1.65. The lowest BCUT2D eigenvalue weighted by molar-refractivity contribution is 0.0213. The number of phenolic OH excluding ortho intramolecular Hbond substituents is 1. The summed E-state index contributed by atoms with van der Waals surface area (Å²) in [6, 6.07) is 14.6. The Kier molecular flexibility index (Phi) is 4.71. The highest BCUT2D eigenvalue weighted by atomic mass is 16.3. The highest BCUT2D eigenvalue weighted by molar-refractivity contribution is 5.89. The van der Waals surface area contributed by atoms with Gasteiger partial charge in [-0.1, -0.05) is 13.0 Å². The van der Waals surface area contributed by atoms with Gasteiger partial charge in [-0.3, -0.25) is 0 Å². The largest absolute Gasteiger partial charge is 0.508 e. The summed E-state index contributed by atoms with van der Waals surface area (Å²) in [7, 11) is 3.97. The van der Waals surface area contributed by atoms with Crippen LogP contribution in [-0.2, 0) is 11.8 Å². The SMILES string of the molecule is CN1CC[C@@]2(C)c3cc(O)ccc3C[C@@H]1[C@H]2N(C)C(=O)Nc1ccc(C#N)cc1. The summed E-state index contributed by atoms with van der Waals surface area (Å²) in [5.74, 6) is 0.269. The van der Waals surface area contributed by atoms with Crippen LogP contribution in [0.25, 0.3) is 0 Å². The average molecular weight is 390 g/mol. The molecule has 2 bridgehead atoms. The molecule has 2 amide bonds. The summed E-state index contributed by atoms with van der Waals surface area (Å²) in [5, 5.41) is 22.0. The Bertz CT molecular complexity index is 981. The van der Waals surface area contributed by atoms with Gasteiger partial charge in [0.15, 0.2) is 0 Å². The summed E-state index contributed by atoms with van der Waals surface area (Å²) >= 11 is 0. The van der Waals surface area contributed by atoms with Crippen molar-refractivity contribution in [3.8, 4) is 11.8 Å². The number of carbonyl (C=O) groups is 1. The Morgan fingerprint density at radius 2 is 2.03 bits per heavy atom. The number of urea groups is 1. The van der Waals surface area contributed by atoms with Gasteiger partial charge in [-0.2, -0.15) is 5.26 Å². The lowest BCUT2D eigenvalue weighted by Crippen LogP contribution is -2.67. The van der Waals surface area contributed by atoms with E-state index in [1.54, 1.807) is 30.3 Å². The minimum Gasteiger partial charge on any atom is -0.508 e. The van der Waals surface area contributed by atoms with Crippen molar-refractivity contribution in [2.24, 2.45) is 0 Å². The maximum atomic E-state index is 13.1. The van der Waals surface area contributed by atoms with E-state index in [0.29, 0.717) is 11.3 Å². The fourth-order valence-corrected chi connectivity index (χ4v) is 5.10. The zero-order valence-electron chi connectivity index (χ0n) is 17.0. The highest BCUT2D eigenvalue weighted by Crippen LogP contribution is 2.47. The molecule has 2 aliphatic rings. The van der Waals surface area contributed by atoms with Crippen LogP contribution in [0.3, 0.4) is 0 Å². The van der Waals surface area contributed by atoms with E-state index in [9.17, 15) is 9.90 Å². The van der Waals surface area contributed by atoms with Gasteiger partial charge in [0.1, 0.15) is 5.75 Å². The number of likely N-dealkylation sites (N-methyl/N-ethyl adjacent to an activating group) is 2. The second kappa shape index (κ2) is 7.09. The fraction of sp³-hybridized carbons (Fsp3) is 0.391. The second-order valence-corrected chi connectivity index (χ2v) is 8.44. The standard InChI is InChI=1S/C23H26N4O2/c1-23-10-11-26(2)20(12-16-6-9-18(28)13-19(16)23)21(23)27(3)22(29)25-17-7-4-15(14-24)5-8-17/h4-9,13,20-21,28H,10-12H2,1-3H3,(H,25,29)/t20-,21-,23+/m1/s1. The van der Waals surface area contributed by atoms with Crippen LogP contribution < -0.4 is 5.32 Å². The fourth-order valence-electron chi connectivity index (χ4n) is 5.10. The summed E-state index contributed by atoms with van der Waals surface area (Å²) in [5.41, 5.74) is 3.38. The molecule has 150 valence electrons. The van der Waals surface area contributed by atoms with E-state index in [2.05, 4.69) is 30.3 Å². The lowest BCUT2D eigenvalue weighted by atomic mass is 9.61. The smallest absolute Gasteiger partial charge is 0.321 e. The van der Waals surface area contributed by atoms with Crippen molar-refractivity contribution in [1.82, 2.24) is 9.80 Å². The molecule has 1 fully saturated rings. The molecule has 2 N–H and O–H groups in total. The lowest BCUT2D eigenvalue weighted by Gasteiger charge is -2.57. The molecule has 6 nitrogen and oxygen atoms in total. The molecule has 0 radical (unpaired) electrons. The summed E-state index contributed by atoms with van der Waals surface area (Å²) in [6.07, 6.45) is 1.76. The quantitative estimate of drug-likeness (QED) is 0.824. The van der Waals surface area contributed by atoms with Crippen molar-refractivity contribution in [1.29, 1.82) is 5.26 Å². The number of hydrogen-bond acceptors (Lipinski definition) is 4. The molecule has 0 unspecified atom stereocenters. The van der Waals surface area contributed by atoms with Crippen molar-refractivity contribution in [2.75, 3.05) is 26.0 Å². The van der Waals surface area contributed by atoms with Gasteiger partial charge < -0.3 is 20.2 Å². The van der Waals surface area contributed by atoms with Crippen molar-refractivity contribution in [3.05, 3.63) is 59.2 Å². The van der Waals surface area contributed by atoms with E-state index in [0.717, 1.165) is 24.9 Å². The minimum absolute atomic E-state index is 0.0195. The zero-order valence-corrected chi connectivity index (χ0v) is 17.0.